The summed E-state index contributed by atoms with van der Waals surface area (Å²) in [5.74, 6) is 0.502. The monoisotopic (exact) mass is 337 g/mol. The molecule has 0 saturated heterocycles. The summed E-state index contributed by atoms with van der Waals surface area (Å²) < 4.78 is 20.0. The van der Waals surface area contributed by atoms with Gasteiger partial charge < -0.3 is 10.5 Å². The van der Waals surface area contributed by atoms with Crippen molar-refractivity contribution in [3.63, 3.8) is 0 Å². The quantitative estimate of drug-likeness (QED) is 0.909. The highest BCUT2D eigenvalue weighted by Crippen LogP contribution is 2.27. The SMILES string of the molecule is COc1ccc(Br)c(CC(N)c2cc(C)ccc2F)c1. The maximum Gasteiger partial charge on any atom is 0.128 e. The second-order valence-electron chi connectivity index (χ2n) is 4.79. The smallest absolute Gasteiger partial charge is 0.128 e. The highest BCUT2D eigenvalue weighted by atomic mass is 79.9. The van der Waals surface area contributed by atoms with Crippen molar-refractivity contribution in [3.05, 3.63) is 63.4 Å². The molecule has 20 heavy (non-hydrogen) atoms. The summed E-state index contributed by atoms with van der Waals surface area (Å²) in [6.07, 6.45) is 0.540. The lowest BCUT2D eigenvalue weighted by Gasteiger charge is -2.15. The fourth-order valence-electron chi connectivity index (χ4n) is 2.13. The number of halogens is 2. The van der Waals surface area contributed by atoms with E-state index in [1.807, 2.05) is 25.1 Å². The van der Waals surface area contributed by atoms with Crippen molar-refractivity contribution < 1.29 is 9.13 Å². The molecule has 106 valence electrons. The van der Waals surface area contributed by atoms with Crippen molar-refractivity contribution in [1.82, 2.24) is 0 Å². The first-order chi connectivity index (χ1) is 9.51. The molecule has 0 aromatic heterocycles. The van der Waals surface area contributed by atoms with E-state index in [4.69, 9.17) is 10.5 Å². The summed E-state index contributed by atoms with van der Waals surface area (Å²) in [6, 6.07) is 10.3. The molecule has 4 heteroatoms. The molecule has 1 atom stereocenters. The van der Waals surface area contributed by atoms with Crippen LogP contribution in [0, 0.1) is 12.7 Å². The topological polar surface area (TPSA) is 35.2 Å². The molecule has 0 saturated carbocycles. The zero-order valence-corrected chi connectivity index (χ0v) is 13.1. The predicted molar refractivity (Wildman–Crippen MR) is 82.5 cm³/mol. The van der Waals surface area contributed by atoms with E-state index in [9.17, 15) is 4.39 Å². The molecule has 0 heterocycles. The molecule has 2 aromatic carbocycles. The van der Waals surface area contributed by atoms with Crippen molar-refractivity contribution in [3.8, 4) is 5.75 Å². The van der Waals surface area contributed by atoms with Crippen LogP contribution in [0.1, 0.15) is 22.7 Å². The number of nitrogens with two attached hydrogens (primary N) is 1. The minimum absolute atomic E-state index is 0.262. The van der Waals surface area contributed by atoms with Crippen molar-refractivity contribution in [1.29, 1.82) is 0 Å². The Kier molecular flexibility index (Phi) is 4.78. The van der Waals surface area contributed by atoms with E-state index in [0.717, 1.165) is 21.3 Å². The van der Waals surface area contributed by atoms with E-state index in [2.05, 4.69) is 15.9 Å². The molecular weight excluding hydrogens is 321 g/mol. The zero-order chi connectivity index (χ0) is 14.7. The van der Waals surface area contributed by atoms with Crippen LogP contribution in [0.5, 0.6) is 5.75 Å². The first kappa shape index (κ1) is 15.0. The van der Waals surface area contributed by atoms with Crippen molar-refractivity contribution >= 4 is 15.9 Å². The van der Waals surface area contributed by atoms with Crippen molar-refractivity contribution in [2.45, 2.75) is 19.4 Å². The summed E-state index contributed by atoms with van der Waals surface area (Å²) in [7, 11) is 1.62. The molecule has 0 aliphatic heterocycles. The summed E-state index contributed by atoms with van der Waals surface area (Å²) in [5.41, 5.74) is 8.70. The third kappa shape index (κ3) is 3.38. The number of rotatable bonds is 4. The first-order valence-electron chi connectivity index (χ1n) is 6.35. The van der Waals surface area contributed by atoms with Gasteiger partial charge in [-0.2, -0.15) is 0 Å². The van der Waals surface area contributed by atoms with Gasteiger partial charge in [0.25, 0.3) is 0 Å². The predicted octanol–water partition coefficient (Wildman–Crippen LogP) is 4.15. The highest BCUT2D eigenvalue weighted by molar-refractivity contribution is 9.10. The second-order valence-corrected chi connectivity index (χ2v) is 5.65. The van der Waals surface area contributed by atoms with Gasteiger partial charge in [0, 0.05) is 16.1 Å². The lowest BCUT2D eigenvalue weighted by Crippen LogP contribution is -2.15. The Bertz CT molecular complexity index is 615. The van der Waals surface area contributed by atoms with E-state index in [1.54, 1.807) is 19.2 Å². The van der Waals surface area contributed by atoms with Crippen LogP contribution in [0.2, 0.25) is 0 Å². The van der Waals surface area contributed by atoms with Crippen LogP contribution < -0.4 is 10.5 Å². The molecule has 2 N–H and O–H groups in total. The molecule has 2 nitrogen and oxygen atoms in total. The average molecular weight is 338 g/mol. The number of aryl methyl sites for hydroxylation is 1. The number of benzene rings is 2. The largest absolute Gasteiger partial charge is 0.497 e. The van der Waals surface area contributed by atoms with Gasteiger partial charge in [0.05, 0.1) is 7.11 Å². The fourth-order valence-corrected chi connectivity index (χ4v) is 2.54. The molecule has 0 fully saturated rings. The van der Waals surface area contributed by atoms with Gasteiger partial charge in [-0.25, -0.2) is 4.39 Å². The molecule has 0 spiro atoms. The molecular formula is C16H17BrFNO. The van der Waals surface area contributed by atoms with E-state index in [1.165, 1.54) is 6.07 Å². The number of hydrogen-bond acceptors (Lipinski definition) is 2. The van der Waals surface area contributed by atoms with Gasteiger partial charge in [-0.1, -0.05) is 33.6 Å². The summed E-state index contributed by atoms with van der Waals surface area (Å²) in [6.45, 7) is 1.93. The molecule has 2 rings (SSSR count). The van der Waals surface area contributed by atoms with Crippen molar-refractivity contribution in [2.24, 2.45) is 5.73 Å². The van der Waals surface area contributed by atoms with Crippen LogP contribution in [0.4, 0.5) is 4.39 Å². The van der Waals surface area contributed by atoms with Crippen LogP contribution in [-0.2, 0) is 6.42 Å². The Balaban J connectivity index is 2.27. The van der Waals surface area contributed by atoms with Crippen LogP contribution in [0.15, 0.2) is 40.9 Å². The van der Waals surface area contributed by atoms with E-state index >= 15 is 0 Å². The molecule has 0 amide bonds. The van der Waals surface area contributed by atoms with Crippen LogP contribution >= 0.6 is 15.9 Å². The normalized spacial score (nSPS) is 12.2. The molecule has 0 radical (unpaired) electrons. The summed E-state index contributed by atoms with van der Waals surface area (Å²) >= 11 is 3.49. The van der Waals surface area contributed by atoms with Gasteiger partial charge in [0.1, 0.15) is 11.6 Å². The Hall–Kier alpha value is -1.39. The Morgan fingerprint density at radius 3 is 2.70 bits per heavy atom. The van der Waals surface area contributed by atoms with E-state index < -0.39 is 6.04 Å². The number of hydrogen-bond donors (Lipinski definition) is 1. The fraction of sp³-hybridized carbons (Fsp3) is 0.250. The minimum Gasteiger partial charge on any atom is -0.497 e. The summed E-state index contributed by atoms with van der Waals surface area (Å²) in [4.78, 5) is 0. The number of methoxy groups -OCH3 is 1. The van der Waals surface area contributed by atoms with Crippen LogP contribution in [0.25, 0.3) is 0 Å². The van der Waals surface area contributed by atoms with Gasteiger partial charge >= 0.3 is 0 Å². The van der Waals surface area contributed by atoms with Gasteiger partial charge in [-0.15, -0.1) is 0 Å². The second kappa shape index (κ2) is 6.37. The minimum atomic E-state index is -0.390. The maximum atomic E-state index is 13.9. The number of ether oxygens (including phenoxy) is 1. The lowest BCUT2D eigenvalue weighted by atomic mass is 9.98. The van der Waals surface area contributed by atoms with Crippen molar-refractivity contribution in [2.75, 3.05) is 7.11 Å². The van der Waals surface area contributed by atoms with Gasteiger partial charge in [-0.3, -0.25) is 0 Å². The van der Waals surface area contributed by atoms with Gasteiger partial charge in [0.2, 0.25) is 0 Å². The van der Waals surface area contributed by atoms with Crippen LogP contribution in [0.3, 0.4) is 0 Å². The first-order valence-corrected chi connectivity index (χ1v) is 7.14. The molecule has 2 aromatic rings. The van der Waals surface area contributed by atoms with E-state index in [0.29, 0.717) is 12.0 Å². The Morgan fingerprint density at radius 2 is 2.00 bits per heavy atom. The molecule has 0 aliphatic carbocycles. The zero-order valence-electron chi connectivity index (χ0n) is 11.5. The van der Waals surface area contributed by atoms with E-state index in [-0.39, 0.29) is 5.82 Å². The maximum absolute atomic E-state index is 13.9. The Morgan fingerprint density at radius 1 is 1.25 bits per heavy atom. The molecule has 0 bridgehead atoms. The average Bonchev–Trinajstić information content (AvgIpc) is 2.43. The standard InChI is InChI=1S/C16H17BrFNO/c1-10-3-6-15(18)13(7-10)16(19)9-11-8-12(20-2)4-5-14(11)17/h3-8,16H,9,19H2,1-2H3. The Labute approximate surface area is 126 Å². The third-order valence-electron chi connectivity index (χ3n) is 3.24. The highest BCUT2D eigenvalue weighted by Gasteiger charge is 2.14. The lowest BCUT2D eigenvalue weighted by molar-refractivity contribution is 0.414. The van der Waals surface area contributed by atoms with Crippen LogP contribution in [-0.4, -0.2) is 7.11 Å². The summed E-state index contributed by atoms with van der Waals surface area (Å²) in [5, 5.41) is 0. The molecule has 1 unspecified atom stereocenters. The van der Waals surface area contributed by atoms with Gasteiger partial charge in [0.15, 0.2) is 0 Å². The van der Waals surface area contributed by atoms with Gasteiger partial charge in [-0.05, 0) is 43.2 Å². The third-order valence-corrected chi connectivity index (χ3v) is 4.02. The molecule has 0 aliphatic rings.